The van der Waals surface area contributed by atoms with E-state index < -0.39 is 35.8 Å². The number of hydrogen-bond acceptors (Lipinski definition) is 8. The Hall–Kier alpha value is -3.55. The first-order valence-electron chi connectivity index (χ1n) is 14.0. The summed E-state index contributed by atoms with van der Waals surface area (Å²) in [6.45, 7) is 9.06. The Morgan fingerprint density at radius 3 is 2.18 bits per heavy atom. The standard InChI is InChI=1S/C32H32ClIN4O6/c1-17-6-10-19(11-7-17)28(39)42-16-23-22(44-29(40)20-12-8-18(2)9-13-20)14-24(43-23)38-15-21(34)25-26(33)35-31(36-27(25)38)37-30(41)32(3,4)5/h6-13,15,22-24H,14,16H2,1-5H3,(H,35,36,37,41)/t22-,23+,24-/m0/s1. The lowest BCUT2D eigenvalue weighted by Gasteiger charge is -2.19. The average molecular weight is 731 g/mol. The average Bonchev–Trinajstić information content (AvgIpc) is 3.52. The Morgan fingerprint density at radius 2 is 1.59 bits per heavy atom. The van der Waals surface area contributed by atoms with E-state index in [4.69, 9.17) is 25.8 Å². The number of anilines is 1. The summed E-state index contributed by atoms with van der Waals surface area (Å²) < 4.78 is 20.4. The van der Waals surface area contributed by atoms with Gasteiger partial charge in [-0.25, -0.2) is 9.59 Å². The number of benzene rings is 2. The van der Waals surface area contributed by atoms with E-state index in [0.29, 0.717) is 22.2 Å². The van der Waals surface area contributed by atoms with Gasteiger partial charge in [0.05, 0.1) is 16.5 Å². The van der Waals surface area contributed by atoms with Gasteiger partial charge in [0.2, 0.25) is 11.9 Å². The summed E-state index contributed by atoms with van der Waals surface area (Å²) in [6.07, 6.45) is -0.110. The lowest BCUT2D eigenvalue weighted by molar-refractivity contribution is -0.123. The number of nitrogens with zero attached hydrogens (tertiary/aromatic N) is 3. The summed E-state index contributed by atoms with van der Waals surface area (Å²) in [4.78, 5) is 47.4. The third-order valence-electron chi connectivity index (χ3n) is 7.19. The van der Waals surface area contributed by atoms with Gasteiger partial charge < -0.3 is 18.8 Å². The van der Waals surface area contributed by atoms with Crippen LogP contribution in [0.4, 0.5) is 5.95 Å². The summed E-state index contributed by atoms with van der Waals surface area (Å²) in [6, 6.07) is 14.1. The minimum Gasteiger partial charge on any atom is -0.459 e. The van der Waals surface area contributed by atoms with Crippen LogP contribution < -0.4 is 5.32 Å². The Bertz CT molecular complexity index is 1720. The van der Waals surface area contributed by atoms with E-state index in [1.807, 2.05) is 44.3 Å². The third-order valence-corrected chi connectivity index (χ3v) is 8.28. The summed E-state index contributed by atoms with van der Waals surface area (Å²) >= 11 is 8.69. The Kier molecular flexibility index (Phi) is 9.28. The number of amides is 1. The highest BCUT2D eigenvalue weighted by molar-refractivity contribution is 14.1. The molecule has 0 saturated carbocycles. The van der Waals surface area contributed by atoms with E-state index in [1.54, 1.807) is 49.6 Å². The van der Waals surface area contributed by atoms with E-state index in [1.165, 1.54) is 0 Å². The lowest BCUT2D eigenvalue weighted by atomic mass is 9.96. The normalized spacial score (nSPS) is 18.3. The molecule has 44 heavy (non-hydrogen) atoms. The third kappa shape index (κ3) is 7.05. The van der Waals surface area contributed by atoms with Crippen LogP contribution in [0.3, 0.4) is 0 Å². The number of hydrogen-bond donors (Lipinski definition) is 1. The molecule has 0 unspecified atom stereocenters. The van der Waals surface area contributed by atoms with Gasteiger partial charge in [0.1, 0.15) is 35.8 Å². The molecule has 0 spiro atoms. The number of carbonyl (C=O) groups excluding carboxylic acids is 3. The van der Waals surface area contributed by atoms with Crippen molar-refractivity contribution < 1.29 is 28.6 Å². The quantitative estimate of drug-likeness (QED) is 0.127. The van der Waals surface area contributed by atoms with E-state index in [0.717, 1.165) is 14.7 Å². The molecule has 5 rings (SSSR count). The van der Waals surface area contributed by atoms with Crippen LogP contribution >= 0.6 is 34.2 Å². The molecule has 2 aromatic heterocycles. The van der Waals surface area contributed by atoms with E-state index >= 15 is 0 Å². The van der Waals surface area contributed by atoms with E-state index in [9.17, 15) is 14.4 Å². The van der Waals surface area contributed by atoms with Crippen LogP contribution in [0.25, 0.3) is 11.0 Å². The van der Waals surface area contributed by atoms with Crippen LogP contribution in [0.15, 0.2) is 54.7 Å². The van der Waals surface area contributed by atoms with E-state index in [2.05, 4.69) is 37.9 Å². The van der Waals surface area contributed by atoms with Crippen LogP contribution in [0, 0.1) is 22.8 Å². The van der Waals surface area contributed by atoms with Crippen molar-refractivity contribution >= 4 is 69.0 Å². The summed E-state index contributed by atoms with van der Waals surface area (Å²) in [5.74, 6) is -1.24. The molecule has 0 radical (unpaired) electrons. The number of aromatic nitrogens is 3. The maximum atomic E-state index is 13.1. The van der Waals surface area contributed by atoms with Gasteiger partial charge in [-0.1, -0.05) is 67.8 Å². The fourth-order valence-corrected chi connectivity index (χ4v) is 5.82. The molecule has 0 bridgehead atoms. The van der Waals surface area contributed by atoms with Crippen molar-refractivity contribution in [3.8, 4) is 0 Å². The Morgan fingerprint density at radius 1 is 1.00 bits per heavy atom. The van der Waals surface area contributed by atoms with Gasteiger partial charge in [0, 0.05) is 21.6 Å². The molecule has 2 aromatic carbocycles. The van der Waals surface area contributed by atoms with Crippen molar-refractivity contribution in [3.05, 3.63) is 85.7 Å². The zero-order chi connectivity index (χ0) is 31.8. The van der Waals surface area contributed by atoms with Crippen molar-refractivity contribution in [1.29, 1.82) is 0 Å². The van der Waals surface area contributed by atoms with Crippen molar-refractivity contribution in [2.45, 2.75) is 59.5 Å². The number of esters is 2. The molecule has 1 amide bonds. The zero-order valence-electron chi connectivity index (χ0n) is 24.9. The molecule has 3 atom stereocenters. The van der Waals surface area contributed by atoms with Gasteiger partial charge in [0.15, 0.2) is 0 Å². The van der Waals surface area contributed by atoms with Crippen molar-refractivity contribution in [2.24, 2.45) is 5.41 Å². The van der Waals surface area contributed by atoms with Crippen LogP contribution in [0.2, 0.25) is 5.15 Å². The van der Waals surface area contributed by atoms with Gasteiger partial charge in [-0.2, -0.15) is 9.97 Å². The topological polar surface area (TPSA) is 122 Å². The minimum atomic E-state index is -0.767. The maximum Gasteiger partial charge on any atom is 0.338 e. The molecule has 1 N–H and O–H groups in total. The van der Waals surface area contributed by atoms with Crippen LogP contribution in [-0.4, -0.2) is 51.2 Å². The second-order valence-electron chi connectivity index (χ2n) is 11.8. The fraction of sp³-hybridized carbons (Fsp3) is 0.344. The first-order valence-corrected chi connectivity index (χ1v) is 15.5. The predicted molar refractivity (Wildman–Crippen MR) is 174 cm³/mol. The summed E-state index contributed by atoms with van der Waals surface area (Å²) in [5.41, 5.74) is 2.59. The van der Waals surface area contributed by atoms with Crippen molar-refractivity contribution in [1.82, 2.24) is 14.5 Å². The molecule has 1 aliphatic heterocycles. The maximum absolute atomic E-state index is 13.1. The Balaban J connectivity index is 1.43. The van der Waals surface area contributed by atoms with Gasteiger partial charge in [-0.05, 0) is 60.7 Å². The molecule has 10 nitrogen and oxygen atoms in total. The number of ether oxygens (including phenoxy) is 3. The number of fused-ring (bicyclic) bond motifs is 1. The highest BCUT2D eigenvalue weighted by Crippen LogP contribution is 2.37. The van der Waals surface area contributed by atoms with Crippen LogP contribution in [0.1, 0.15) is 65.3 Å². The summed E-state index contributed by atoms with van der Waals surface area (Å²) in [5, 5.41) is 3.49. The van der Waals surface area contributed by atoms with Crippen molar-refractivity contribution in [2.75, 3.05) is 11.9 Å². The highest BCUT2D eigenvalue weighted by Gasteiger charge is 2.41. The second-order valence-corrected chi connectivity index (χ2v) is 13.3. The van der Waals surface area contributed by atoms with Gasteiger partial charge in [0.25, 0.3) is 0 Å². The molecule has 1 saturated heterocycles. The Labute approximate surface area is 273 Å². The van der Waals surface area contributed by atoms with Crippen molar-refractivity contribution in [3.63, 3.8) is 0 Å². The number of nitrogens with one attached hydrogen (secondary N) is 1. The summed E-state index contributed by atoms with van der Waals surface area (Å²) in [7, 11) is 0. The fourth-order valence-electron chi connectivity index (χ4n) is 4.60. The molecular weight excluding hydrogens is 699 g/mol. The lowest BCUT2D eigenvalue weighted by Crippen LogP contribution is -2.32. The molecule has 0 aliphatic carbocycles. The largest absolute Gasteiger partial charge is 0.459 e. The van der Waals surface area contributed by atoms with Crippen LogP contribution in [-0.2, 0) is 19.0 Å². The monoisotopic (exact) mass is 730 g/mol. The molecule has 1 aliphatic rings. The number of halogens is 2. The van der Waals surface area contributed by atoms with Gasteiger partial charge >= 0.3 is 11.9 Å². The predicted octanol–water partition coefficient (Wildman–Crippen LogP) is 6.66. The van der Waals surface area contributed by atoms with Gasteiger partial charge in [-0.15, -0.1) is 0 Å². The first kappa shape index (κ1) is 31.9. The zero-order valence-corrected chi connectivity index (χ0v) is 27.8. The molecule has 12 heteroatoms. The molecular formula is C32H32ClIN4O6. The molecule has 3 heterocycles. The highest BCUT2D eigenvalue weighted by atomic mass is 127. The molecule has 1 fully saturated rings. The number of aryl methyl sites for hydroxylation is 2. The minimum absolute atomic E-state index is 0.0575. The van der Waals surface area contributed by atoms with E-state index in [-0.39, 0.29) is 30.0 Å². The smallest absolute Gasteiger partial charge is 0.338 e. The van der Waals surface area contributed by atoms with Crippen LogP contribution in [0.5, 0.6) is 0 Å². The SMILES string of the molecule is Cc1ccc(C(=O)OC[C@H]2O[C@H](n3cc(I)c4c(Cl)nc(NC(=O)C(C)(C)C)nc43)C[C@@H]2OC(=O)c2ccc(C)cc2)cc1. The number of carbonyl (C=O) groups is 3. The molecule has 4 aromatic rings. The first-order chi connectivity index (χ1) is 20.8. The molecule has 230 valence electrons. The van der Waals surface area contributed by atoms with Gasteiger partial charge in [-0.3, -0.25) is 10.1 Å². The second kappa shape index (κ2) is 12.8. The number of rotatable bonds is 7.